The molecule has 1 aromatic carbocycles. The third-order valence-corrected chi connectivity index (χ3v) is 3.74. The van der Waals surface area contributed by atoms with Crippen molar-refractivity contribution in [1.82, 2.24) is 15.3 Å². The SMILES string of the molecule is CCNC(=O)Nc1cc2c(-c3ccnc(F)c3)ccc(C)c2cn1. The van der Waals surface area contributed by atoms with Crippen LogP contribution in [-0.4, -0.2) is 22.5 Å². The lowest BCUT2D eigenvalue weighted by Crippen LogP contribution is -2.28. The third kappa shape index (κ3) is 3.17. The van der Waals surface area contributed by atoms with Gasteiger partial charge in [0.15, 0.2) is 0 Å². The van der Waals surface area contributed by atoms with Crippen LogP contribution in [0.25, 0.3) is 21.9 Å². The molecule has 0 aliphatic heterocycles. The first-order chi connectivity index (χ1) is 11.6. The molecule has 122 valence electrons. The Kier molecular flexibility index (Phi) is 4.37. The molecule has 0 fully saturated rings. The van der Waals surface area contributed by atoms with E-state index in [1.807, 2.05) is 26.0 Å². The molecule has 5 nitrogen and oxygen atoms in total. The molecule has 2 amide bonds. The van der Waals surface area contributed by atoms with E-state index in [1.54, 1.807) is 18.3 Å². The van der Waals surface area contributed by atoms with Gasteiger partial charge in [0.2, 0.25) is 5.95 Å². The van der Waals surface area contributed by atoms with E-state index in [2.05, 4.69) is 20.6 Å². The van der Waals surface area contributed by atoms with Crippen molar-refractivity contribution >= 4 is 22.6 Å². The van der Waals surface area contributed by atoms with Crippen LogP contribution in [0.1, 0.15) is 12.5 Å². The van der Waals surface area contributed by atoms with Crippen molar-refractivity contribution in [2.24, 2.45) is 0 Å². The van der Waals surface area contributed by atoms with Gasteiger partial charge in [-0.25, -0.2) is 14.8 Å². The largest absolute Gasteiger partial charge is 0.338 e. The zero-order valence-electron chi connectivity index (χ0n) is 13.4. The normalized spacial score (nSPS) is 10.6. The van der Waals surface area contributed by atoms with Gasteiger partial charge in [0.1, 0.15) is 5.82 Å². The molecular formula is C18H17FN4O. The number of amides is 2. The van der Waals surface area contributed by atoms with Crippen LogP contribution >= 0.6 is 0 Å². The minimum Gasteiger partial charge on any atom is -0.338 e. The van der Waals surface area contributed by atoms with Crippen molar-refractivity contribution in [1.29, 1.82) is 0 Å². The van der Waals surface area contributed by atoms with Crippen molar-refractivity contribution in [2.75, 3.05) is 11.9 Å². The minimum absolute atomic E-state index is 0.312. The zero-order valence-corrected chi connectivity index (χ0v) is 13.4. The van der Waals surface area contributed by atoms with Gasteiger partial charge in [-0.05, 0) is 48.1 Å². The molecule has 3 rings (SSSR count). The number of hydrogen-bond donors (Lipinski definition) is 2. The van der Waals surface area contributed by atoms with Gasteiger partial charge >= 0.3 is 6.03 Å². The summed E-state index contributed by atoms with van der Waals surface area (Å²) >= 11 is 0. The Balaban J connectivity index is 2.12. The summed E-state index contributed by atoms with van der Waals surface area (Å²) in [6, 6.07) is 8.53. The Hall–Kier alpha value is -3.02. The molecule has 3 aromatic rings. The van der Waals surface area contributed by atoms with Crippen LogP contribution in [0.15, 0.2) is 42.7 Å². The number of aromatic nitrogens is 2. The predicted octanol–water partition coefficient (Wildman–Crippen LogP) is 3.89. The summed E-state index contributed by atoms with van der Waals surface area (Å²) in [5.74, 6) is -0.0919. The Morgan fingerprint density at radius 3 is 2.75 bits per heavy atom. The number of rotatable bonds is 3. The smallest absolute Gasteiger partial charge is 0.320 e. The molecule has 2 aromatic heterocycles. The van der Waals surface area contributed by atoms with E-state index in [9.17, 15) is 9.18 Å². The van der Waals surface area contributed by atoms with Crippen LogP contribution in [-0.2, 0) is 0 Å². The van der Waals surface area contributed by atoms with Crippen molar-refractivity contribution < 1.29 is 9.18 Å². The number of carbonyl (C=O) groups is 1. The van der Waals surface area contributed by atoms with Gasteiger partial charge in [-0.1, -0.05) is 12.1 Å². The van der Waals surface area contributed by atoms with E-state index < -0.39 is 5.95 Å². The quantitative estimate of drug-likeness (QED) is 0.718. The number of nitrogens with one attached hydrogen (secondary N) is 2. The lowest BCUT2D eigenvalue weighted by atomic mass is 9.97. The van der Waals surface area contributed by atoms with Crippen LogP contribution in [0.4, 0.5) is 15.0 Å². The topological polar surface area (TPSA) is 66.9 Å². The zero-order chi connectivity index (χ0) is 17.1. The molecule has 0 unspecified atom stereocenters. The average molecular weight is 324 g/mol. The second-order valence-electron chi connectivity index (χ2n) is 5.40. The van der Waals surface area contributed by atoms with Crippen molar-refractivity contribution in [3.05, 3.63) is 54.2 Å². The number of nitrogens with zero attached hydrogens (tertiary/aromatic N) is 2. The van der Waals surface area contributed by atoms with E-state index in [-0.39, 0.29) is 6.03 Å². The second-order valence-corrected chi connectivity index (χ2v) is 5.40. The lowest BCUT2D eigenvalue weighted by molar-refractivity contribution is 0.252. The van der Waals surface area contributed by atoms with E-state index in [4.69, 9.17) is 0 Å². The third-order valence-electron chi connectivity index (χ3n) is 3.74. The Labute approximate surface area is 138 Å². The molecule has 6 heteroatoms. The number of urea groups is 1. The van der Waals surface area contributed by atoms with Crippen LogP contribution in [0.5, 0.6) is 0 Å². The monoisotopic (exact) mass is 324 g/mol. The summed E-state index contributed by atoms with van der Waals surface area (Å²) in [4.78, 5) is 19.6. The van der Waals surface area contributed by atoms with Crippen molar-refractivity contribution in [3.8, 4) is 11.1 Å². The highest BCUT2D eigenvalue weighted by atomic mass is 19.1. The maximum Gasteiger partial charge on any atom is 0.320 e. The summed E-state index contributed by atoms with van der Waals surface area (Å²) in [6.45, 7) is 4.35. The van der Waals surface area contributed by atoms with Crippen molar-refractivity contribution in [2.45, 2.75) is 13.8 Å². The van der Waals surface area contributed by atoms with Crippen LogP contribution in [0.3, 0.4) is 0 Å². The van der Waals surface area contributed by atoms with Crippen LogP contribution in [0, 0.1) is 12.9 Å². The highest BCUT2D eigenvalue weighted by molar-refractivity contribution is 6.00. The fourth-order valence-corrected chi connectivity index (χ4v) is 2.59. The first kappa shape index (κ1) is 15.9. The van der Waals surface area contributed by atoms with Gasteiger partial charge in [-0.3, -0.25) is 5.32 Å². The maximum atomic E-state index is 13.5. The van der Waals surface area contributed by atoms with E-state index in [0.29, 0.717) is 12.4 Å². The Bertz CT molecular complexity index is 911. The number of hydrogen-bond acceptors (Lipinski definition) is 3. The minimum atomic E-state index is -0.532. The summed E-state index contributed by atoms with van der Waals surface area (Å²) in [5, 5.41) is 7.20. The molecule has 2 N–H and O–H groups in total. The molecule has 0 saturated carbocycles. The number of fused-ring (bicyclic) bond motifs is 1. The van der Waals surface area contributed by atoms with Gasteiger partial charge in [0.05, 0.1) is 0 Å². The number of carbonyl (C=O) groups excluding carboxylic acids is 1. The second kappa shape index (κ2) is 6.62. The molecule has 24 heavy (non-hydrogen) atoms. The number of anilines is 1. The number of benzene rings is 1. The van der Waals surface area contributed by atoms with Gasteiger partial charge in [0, 0.05) is 30.4 Å². The molecule has 0 spiro atoms. The fourth-order valence-electron chi connectivity index (χ4n) is 2.59. The first-order valence-electron chi connectivity index (χ1n) is 7.64. The lowest BCUT2D eigenvalue weighted by Gasteiger charge is -2.11. The standard InChI is InChI=1S/C18H17FN4O/c1-3-20-18(24)23-17-9-14-13(12-6-7-21-16(19)8-12)5-4-11(2)15(14)10-22-17/h4-10H,3H2,1-2H3,(H2,20,22,23,24). The summed E-state index contributed by atoms with van der Waals surface area (Å²) in [6.07, 6.45) is 3.15. The summed E-state index contributed by atoms with van der Waals surface area (Å²) in [7, 11) is 0. The highest BCUT2D eigenvalue weighted by Gasteiger charge is 2.10. The van der Waals surface area contributed by atoms with Crippen LogP contribution in [0.2, 0.25) is 0 Å². The van der Waals surface area contributed by atoms with Crippen molar-refractivity contribution in [3.63, 3.8) is 0 Å². The van der Waals surface area contributed by atoms with E-state index in [0.717, 1.165) is 27.5 Å². The summed E-state index contributed by atoms with van der Waals surface area (Å²) in [5.41, 5.74) is 2.64. The number of aryl methyl sites for hydroxylation is 1. The Morgan fingerprint density at radius 2 is 2.00 bits per heavy atom. The molecule has 0 bridgehead atoms. The van der Waals surface area contributed by atoms with E-state index in [1.165, 1.54) is 12.3 Å². The molecule has 0 aliphatic rings. The molecule has 0 radical (unpaired) electrons. The Morgan fingerprint density at radius 1 is 1.17 bits per heavy atom. The van der Waals surface area contributed by atoms with Gasteiger partial charge in [-0.15, -0.1) is 0 Å². The molecule has 0 aliphatic carbocycles. The van der Waals surface area contributed by atoms with Gasteiger partial charge in [0.25, 0.3) is 0 Å². The fraction of sp³-hybridized carbons (Fsp3) is 0.167. The van der Waals surface area contributed by atoms with Gasteiger partial charge < -0.3 is 5.32 Å². The molecular weight excluding hydrogens is 307 g/mol. The number of pyridine rings is 2. The summed E-state index contributed by atoms with van der Waals surface area (Å²) < 4.78 is 13.5. The predicted molar refractivity (Wildman–Crippen MR) is 92.4 cm³/mol. The molecule has 2 heterocycles. The number of halogens is 1. The van der Waals surface area contributed by atoms with E-state index >= 15 is 0 Å². The first-order valence-corrected chi connectivity index (χ1v) is 7.64. The van der Waals surface area contributed by atoms with Gasteiger partial charge in [-0.2, -0.15) is 4.39 Å². The molecule has 0 atom stereocenters. The highest BCUT2D eigenvalue weighted by Crippen LogP contribution is 2.31. The average Bonchev–Trinajstić information content (AvgIpc) is 2.55. The maximum absolute atomic E-state index is 13.5. The van der Waals surface area contributed by atoms with Crippen LogP contribution < -0.4 is 10.6 Å². The molecule has 0 saturated heterocycles.